The highest BCUT2D eigenvalue weighted by Crippen LogP contribution is 2.53. The lowest BCUT2D eigenvalue weighted by Gasteiger charge is -2.43. The van der Waals surface area contributed by atoms with Crippen LogP contribution in [-0.4, -0.2) is 33.1 Å². The van der Waals surface area contributed by atoms with Crippen molar-refractivity contribution in [2.45, 2.75) is 31.5 Å². The van der Waals surface area contributed by atoms with Crippen molar-refractivity contribution >= 4 is 5.97 Å². The summed E-state index contributed by atoms with van der Waals surface area (Å²) in [6.45, 7) is 0. The molecule has 2 aliphatic rings. The van der Waals surface area contributed by atoms with Gasteiger partial charge in [0.25, 0.3) is 0 Å². The Labute approximate surface area is 96.2 Å². The summed E-state index contributed by atoms with van der Waals surface area (Å²) in [4.78, 5) is 11.6. The third-order valence-electron chi connectivity index (χ3n) is 4.31. The molecular formula is C12H20O4. The van der Waals surface area contributed by atoms with E-state index < -0.39 is 5.79 Å². The zero-order chi connectivity index (χ0) is 11.8. The van der Waals surface area contributed by atoms with Gasteiger partial charge in [-0.1, -0.05) is 0 Å². The van der Waals surface area contributed by atoms with Gasteiger partial charge in [-0.05, 0) is 25.7 Å². The lowest BCUT2D eigenvalue weighted by molar-refractivity contribution is -0.268. The van der Waals surface area contributed by atoms with E-state index in [0.717, 1.165) is 25.7 Å². The van der Waals surface area contributed by atoms with Gasteiger partial charge in [0.05, 0.1) is 13.0 Å². The van der Waals surface area contributed by atoms with Gasteiger partial charge >= 0.3 is 5.97 Å². The molecule has 2 saturated carbocycles. The molecule has 2 bridgehead atoms. The lowest BCUT2D eigenvalue weighted by Crippen LogP contribution is -2.49. The summed E-state index contributed by atoms with van der Waals surface area (Å²) in [5, 5.41) is 0. The van der Waals surface area contributed by atoms with Gasteiger partial charge in [-0.15, -0.1) is 0 Å². The fraction of sp³-hybridized carbons (Fsp3) is 0.917. The van der Waals surface area contributed by atoms with Crippen LogP contribution >= 0.6 is 0 Å². The third-order valence-corrected chi connectivity index (χ3v) is 4.31. The largest absolute Gasteiger partial charge is 0.469 e. The van der Waals surface area contributed by atoms with Crippen molar-refractivity contribution < 1.29 is 19.0 Å². The van der Waals surface area contributed by atoms with Gasteiger partial charge in [0, 0.05) is 26.1 Å². The molecule has 0 aromatic carbocycles. The summed E-state index contributed by atoms with van der Waals surface area (Å²) in [5.41, 5.74) is 0. The van der Waals surface area contributed by atoms with E-state index in [2.05, 4.69) is 0 Å². The molecule has 4 nitrogen and oxygen atoms in total. The lowest BCUT2D eigenvalue weighted by atomic mass is 9.76. The maximum absolute atomic E-state index is 11.6. The Kier molecular flexibility index (Phi) is 3.22. The fourth-order valence-corrected chi connectivity index (χ4v) is 3.59. The predicted molar refractivity (Wildman–Crippen MR) is 57.7 cm³/mol. The van der Waals surface area contributed by atoms with Crippen LogP contribution in [-0.2, 0) is 19.0 Å². The van der Waals surface area contributed by atoms with E-state index in [-0.39, 0.29) is 11.9 Å². The first-order valence-electron chi connectivity index (χ1n) is 5.86. The van der Waals surface area contributed by atoms with Gasteiger partial charge in [0.2, 0.25) is 0 Å². The quantitative estimate of drug-likeness (QED) is 0.543. The highest BCUT2D eigenvalue weighted by atomic mass is 16.7. The molecule has 4 heteroatoms. The number of fused-ring (bicyclic) bond motifs is 2. The zero-order valence-corrected chi connectivity index (χ0v) is 10.2. The monoisotopic (exact) mass is 228 g/mol. The van der Waals surface area contributed by atoms with Gasteiger partial charge in [-0.3, -0.25) is 4.79 Å². The number of esters is 1. The number of ether oxygens (including phenoxy) is 3. The molecule has 2 aliphatic carbocycles. The van der Waals surface area contributed by atoms with Crippen LogP contribution in [0.5, 0.6) is 0 Å². The number of rotatable bonds is 3. The zero-order valence-electron chi connectivity index (χ0n) is 10.2. The Morgan fingerprint density at radius 3 is 1.94 bits per heavy atom. The molecule has 2 atom stereocenters. The molecule has 0 aliphatic heterocycles. The van der Waals surface area contributed by atoms with Gasteiger partial charge in [-0.2, -0.15) is 0 Å². The highest BCUT2D eigenvalue weighted by molar-refractivity contribution is 5.72. The predicted octanol–water partition coefficient (Wildman–Crippen LogP) is 1.58. The second-order valence-electron chi connectivity index (χ2n) is 4.79. The molecule has 0 N–H and O–H groups in total. The number of hydrogen-bond donors (Lipinski definition) is 0. The van der Waals surface area contributed by atoms with Crippen LogP contribution in [0.4, 0.5) is 0 Å². The third kappa shape index (κ3) is 1.55. The molecule has 0 amide bonds. The standard InChI is InChI=1S/C12H20O4/c1-14-11(13)8-6-9-4-5-10(7-8)12(9,15-2)16-3/h8-10H,4-7H2,1-3H3. The Morgan fingerprint density at radius 2 is 1.56 bits per heavy atom. The molecule has 16 heavy (non-hydrogen) atoms. The van der Waals surface area contributed by atoms with Crippen LogP contribution < -0.4 is 0 Å². The highest BCUT2D eigenvalue weighted by Gasteiger charge is 2.56. The van der Waals surface area contributed by atoms with E-state index in [1.165, 1.54) is 7.11 Å². The molecule has 92 valence electrons. The molecule has 2 unspecified atom stereocenters. The molecule has 2 fully saturated rings. The van der Waals surface area contributed by atoms with Crippen molar-refractivity contribution in [1.82, 2.24) is 0 Å². The SMILES string of the molecule is COC(=O)C1CC2CCC(C1)C2(OC)OC. The van der Waals surface area contributed by atoms with E-state index in [4.69, 9.17) is 14.2 Å². The second kappa shape index (κ2) is 4.34. The van der Waals surface area contributed by atoms with Crippen molar-refractivity contribution in [1.29, 1.82) is 0 Å². The maximum atomic E-state index is 11.6. The number of carbonyl (C=O) groups is 1. The van der Waals surface area contributed by atoms with Crippen LogP contribution in [0.15, 0.2) is 0 Å². The topological polar surface area (TPSA) is 44.8 Å². The molecular weight excluding hydrogens is 208 g/mol. The van der Waals surface area contributed by atoms with Gasteiger partial charge in [0.15, 0.2) is 5.79 Å². The average Bonchev–Trinajstić information content (AvgIpc) is 2.52. The summed E-state index contributed by atoms with van der Waals surface area (Å²) in [5.74, 6) is 0.138. The van der Waals surface area contributed by atoms with Crippen molar-refractivity contribution in [3.63, 3.8) is 0 Å². The number of methoxy groups -OCH3 is 3. The summed E-state index contributed by atoms with van der Waals surface area (Å²) in [6.07, 6.45) is 3.81. The Hall–Kier alpha value is -0.610. The number of carbonyl (C=O) groups excluding carboxylic acids is 1. The number of hydrogen-bond acceptors (Lipinski definition) is 4. The minimum atomic E-state index is -0.454. The summed E-state index contributed by atoms with van der Waals surface area (Å²) in [7, 11) is 4.86. The first kappa shape index (κ1) is 11.9. The summed E-state index contributed by atoms with van der Waals surface area (Å²) < 4.78 is 16.0. The molecule has 0 aromatic heterocycles. The Bertz CT molecular complexity index is 256. The van der Waals surface area contributed by atoms with Crippen LogP contribution in [0.2, 0.25) is 0 Å². The van der Waals surface area contributed by atoms with Crippen molar-refractivity contribution in [2.24, 2.45) is 17.8 Å². The van der Waals surface area contributed by atoms with E-state index in [0.29, 0.717) is 11.8 Å². The first-order valence-corrected chi connectivity index (χ1v) is 5.86. The van der Waals surface area contributed by atoms with Gasteiger partial charge in [-0.25, -0.2) is 0 Å². The molecule has 0 radical (unpaired) electrons. The van der Waals surface area contributed by atoms with E-state index in [1.807, 2.05) is 0 Å². The summed E-state index contributed by atoms with van der Waals surface area (Å²) >= 11 is 0. The average molecular weight is 228 g/mol. The van der Waals surface area contributed by atoms with Crippen LogP contribution in [0.3, 0.4) is 0 Å². The first-order chi connectivity index (χ1) is 7.67. The van der Waals surface area contributed by atoms with Crippen LogP contribution in [0.1, 0.15) is 25.7 Å². The fourth-order valence-electron chi connectivity index (χ4n) is 3.59. The normalized spacial score (nSPS) is 36.1. The van der Waals surface area contributed by atoms with E-state index in [9.17, 15) is 4.79 Å². The van der Waals surface area contributed by atoms with Crippen molar-refractivity contribution in [3.8, 4) is 0 Å². The maximum Gasteiger partial charge on any atom is 0.308 e. The molecule has 0 spiro atoms. The minimum absolute atomic E-state index is 0.0286. The van der Waals surface area contributed by atoms with Gasteiger partial charge in [0.1, 0.15) is 0 Å². The molecule has 0 heterocycles. The molecule has 2 rings (SSSR count). The van der Waals surface area contributed by atoms with Crippen LogP contribution in [0.25, 0.3) is 0 Å². The molecule has 0 saturated heterocycles. The van der Waals surface area contributed by atoms with E-state index >= 15 is 0 Å². The van der Waals surface area contributed by atoms with Gasteiger partial charge < -0.3 is 14.2 Å². The summed E-state index contributed by atoms with van der Waals surface area (Å²) in [6, 6.07) is 0. The second-order valence-corrected chi connectivity index (χ2v) is 4.79. The Morgan fingerprint density at radius 1 is 1.06 bits per heavy atom. The van der Waals surface area contributed by atoms with Crippen LogP contribution in [0, 0.1) is 17.8 Å². The Balaban J connectivity index is 2.15. The molecule has 0 aromatic rings. The van der Waals surface area contributed by atoms with Crippen molar-refractivity contribution in [2.75, 3.05) is 21.3 Å². The van der Waals surface area contributed by atoms with Crippen molar-refractivity contribution in [3.05, 3.63) is 0 Å². The smallest absolute Gasteiger partial charge is 0.308 e. The van der Waals surface area contributed by atoms with E-state index in [1.54, 1.807) is 14.2 Å². The minimum Gasteiger partial charge on any atom is -0.469 e.